The van der Waals surface area contributed by atoms with Gasteiger partial charge in [0.2, 0.25) is 5.95 Å². The second-order valence-electron chi connectivity index (χ2n) is 4.24. The van der Waals surface area contributed by atoms with Crippen molar-refractivity contribution < 1.29 is 4.74 Å². The standard InChI is InChI=1S/C13H14N6O/c1-2-20-10-6-7(8-3-4-16-13(15)17-8)5-9-11(10)12(14)19-18-9/h3-6H,2H2,1H3,(H3,14,18,19)(H2,15,16,17). The number of hydrogen-bond acceptors (Lipinski definition) is 6. The molecule has 0 unspecified atom stereocenters. The van der Waals surface area contributed by atoms with Crippen LogP contribution in [0.1, 0.15) is 6.92 Å². The molecule has 0 saturated heterocycles. The first-order chi connectivity index (χ1) is 9.69. The van der Waals surface area contributed by atoms with Crippen LogP contribution >= 0.6 is 0 Å². The van der Waals surface area contributed by atoms with Gasteiger partial charge in [-0.05, 0) is 25.1 Å². The van der Waals surface area contributed by atoms with E-state index in [1.54, 1.807) is 12.3 Å². The number of nitrogens with two attached hydrogens (primary N) is 2. The number of fused-ring (bicyclic) bond motifs is 1. The third kappa shape index (κ3) is 1.99. The molecular weight excluding hydrogens is 256 g/mol. The molecule has 0 aliphatic carbocycles. The Morgan fingerprint density at radius 3 is 2.90 bits per heavy atom. The highest BCUT2D eigenvalue weighted by molar-refractivity contribution is 5.97. The molecular formula is C13H14N6O. The molecule has 2 aromatic heterocycles. The highest BCUT2D eigenvalue weighted by Crippen LogP contribution is 2.34. The number of hydrogen-bond donors (Lipinski definition) is 3. The Morgan fingerprint density at radius 1 is 1.30 bits per heavy atom. The van der Waals surface area contributed by atoms with Crippen LogP contribution in [0.5, 0.6) is 5.75 Å². The molecule has 3 rings (SSSR count). The summed E-state index contributed by atoms with van der Waals surface area (Å²) in [5.74, 6) is 1.31. The normalized spacial score (nSPS) is 10.8. The van der Waals surface area contributed by atoms with Gasteiger partial charge in [-0.1, -0.05) is 0 Å². The van der Waals surface area contributed by atoms with Gasteiger partial charge < -0.3 is 16.2 Å². The van der Waals surface area contributed by atoms with Gasteiger partial charge in [0.25, 0.3) is 0 Å². The summed E-state index contributed by atoms with van der Waals surface area (Å²) in [6.07, 6.45) is 1.61. The molecule has 0 aliphatic heterocycles. The molecule has 0 spiro atoms. The molecule has 0 atom stereocenters. The minimum absolute atomic E-state index is 0.227. The molecule has 0 amide bonds. The molecule has 20 heavy (non-hydrogen) atoms. The number of nitrogen functional groups attached to an aromatic ring is 2. The maximum atomic E-state index is 5.85. The molecule has 0 fully saturated rings. The molecule has 102 valence electrons. The fraction of sp³-hybridized carbons (Fsp3) is 0.154. The first-order valence-corrected chi connectivity index (χ1v) is 6.18. The Bertz CT molecular complexity index is 767. The van der Waals surface area contributed by atoms with Crippen molar-refractivity contribution in [1.82, 2.24) is 20.2 Å². The van der Waals surface area contributed by atoms with E-state index in [0.717, 1.165) is 16.5 Å². The van der Waals surface area contributed by atoms with Gasteiger partial charge in [0.15, 0.2) is 5.82 Å². The lowest BCUT2D eigenvalue weighted by Crippen LogP contribution is -1.97. The van der Waals surface area contributed by atoms with Gasteiger partial charge in [0, 0.05) is 11.8 Å². The SMILES string of the molecule is CCOc1cc(-c2ccnc(N)n2)cc2[nH]nc(N)c12. The van der Waals surface area contributed by atoms with E-state index in [9.17, 15) is 0 Å². The average Bonchev–Trinajstić information content (AvgIpc) is 2.81. The van der Waals surface area contributed by atoms with Crippen LogP contribution in [-0.4, -0.2) is 26.8 Å². The molecule has 7 nitrogen and oxygen atoms in total. The van der Waals surface area contributed by atoms with Gasteiger partial charge >= 0.3 is 0 Å². The molecule has 0 radical (unpaired) electrons. The zero-order valence-electron chi connectivity index (χ0n) is 10.9. The summed E-state index contributed by atoms with van der Waals surface area (Å²) in [4.78, 5) is 8.09. The van der Waals surface area contributed by atoms with Crippen molar-refractivity contribution in [2.75, 3.05) is 18.1 Å². The molecule has 3 aromatic rings. The van der Waals surface area contributed by atoms with Crippen LogP contribution in [0.25, 0.3) is 22.2 Å². The first-order valence-electron chi connectivity index (χ1n) is 6.18. The summed E-state index contributed by atoms with van der Waals surface area (Å²) in [6.45, 7) is 2.45. The van der Waals surface area contributed by atoms with Crippen molar-refractivity contribution in [3.8, 4) is 17.0 Å². The lowest BCUT2D eigenvalue weighted by molar-refractivity contribution is 0.344. The zero-order valence-corrected chi connectivity index (χ0v) is 10.9. The van der Waals surface area contributed by atoms with Gasteiger partial charge in [0.05, 0.1) is 23.2 Å². The van der Waals surface area contributed by atoms with Crippen LogP contribution in [-0.2, 0) is 0 Å². The van der Waals surface area contributed by atoms with Crippen LogP contribution in [0.2, 0.25) is 0 Å². The quantitative estimate of drug-likeness (QED) is 0.665. The third-order valence-corrected chi connectivity index (χ3v) is 2.92. The third-order valence-electron chi connectivity index (χ3n) is 2.92. The van der Waals surface area contributed by atoms with Crippen LogP contribution < -0.4 is 16.2 Å². The number of rotatable bonds is 3. The number of aromatic nitrogens is 4. The first kappa shape index (κ1) is 12.2. The van der Waals surface area contributed by atoms with E-state index >= 15 is 0 Å². The average molecular weight is 270 g/mol. The molecule has 5 N–H and O–H groups in total. The van der Waals surface area contributed by atoms with Gasteiger partial charge in [-0.15, -0.1) is 0 Å². The second-order valence-corrected chi connectivity index (χ2v) is 4.24. The summed E-state index contributed by atoms with van der Waals surface area (Å²) in [7, 11) is 0. The number of aromatic amines is 1. The molecule has 0 aliphatic rings. The van der Waals surface area contributed by atoms with E-state index in [2.05, 4.69) is 20.2 Å². The van der Waals surface area contributed by atoms with Gasteiger partial charge in [-0.2, -0.15) is 5.10 Å². The van der Waals surface area contributed by atoms with Crippen LogP contribution in [0, 0.1) is 0 Å². The lowest BCUT2D eigenvalue weighted by Gasteiger charge is -2.08. The number of benzene rings is 1. The lowest BCUT2D eigenvalue weighted by atomic mass is 10.1. The van der Waals surface area contributed by atoms with Crippen LogP contribution in [0.3, 0.4) is 0 Å². The van der Waals surface area contributed by atoms with Gasteiger partial charge in [-0.3, -0.25) is 5.10 Å². The van der Waals surface area contributed by atoms with Gasteiger partial charge in [-0.25, -0.2) is 9.97 Å². The Morgan fingerprint density at radius 2 is 2.15 bits per heavy atom. The van der Waals surface area contributed by atoms with E-state index in [1.165, 1.54) is 0 Å². The molecule has 2 heterocycles. The van der Waals surface area contributed by atoms with Crippen molar-refractivity contribution in [1.29, 1.82) is 0 Å². The minimum atomic E-state index is 0.227. The summed E-state index contributed by atoms with van der Waals surface area (Å²) in [6, 6.07) is 5.56. The summed E-state index contributed by atoms with van der Waals surface area (Å²) in [5, 5.41) is 7.66. The van der Waals surface area contributed by atoms with Crippen molar-refractivity contribution >= 4 is 22.7 Å². The van der Waals surface area contributed by atoms with E-state index in [-0.39, 0.29) is 5.95 Å². The number of nitrogens with one attached hydrogen (secondary N) is 1. The Balaban J connectivity index is 2.22. The summed E-state index contributed by atoms with van der Waals surface area (Å²) >= 11 is 0. The molecule has 7 heteroatoms. The molecule has 0 bridgehead atoms. The van der Waals surface area contributed by atoms with E-state index < -0.39 is 0 Å². The van der Waals surface area contributed by atoms with Crippen molar-refractivity contribution in [3.05, 3.63) is 24.4 Å². The molecule has 0 saturated carbocycles. The second kappa shape index (κ2) is 4.69. The number of anilines is 2. The van der Waals surface area contributed by atoms with Crippen molar-refractivity contribution in [2.45, 2.75) is 6.92 Å². The Labute approximate surface area is 115 Å². The molecule has 1 aromatic carbocycles. The maximum Gasteiger partial charge on any atom is 0.220 e. The number of H-pyrrole nitrogens is 1. The summed E-state index contributed by atoms with van der Waals surface area (Å²) in [5.41, 5.74) is 13.8. The Hall–Kier alpha value is -2.83. The smallest absolute Gasteiger partial charge is 0.220 e. The maximum absolute atomic E-state index is 5.85. The highest BCUT2D eigenvalue weighted by Gasteiger charge is 2.13. The highest BCUT2D eigenvalue weighted by atomic mass is 16.5. The van der Waals surface area contributed by atoms with Crippen LogP contribution in [0.15, 0.2) is 24.4 Å². The monoisotopic (exact) mass is 270 g/mol. The Kier molecular flexibility index (Phi) is 2.86. The van der Waals surface area contributed by atoms with E-state index in [4.69, 9.17) is 16.2 Å². The predicted octanol–water partition coefficient (Wildman–Crippen LogP) is 1.58. The summed E-state index contributed by atoms with van der Waals surface area (Å²) < 4.78 is 5.64. The predicted molar refractivity (Wildman–Crippen MR) is 77.1 cm³/mol. The van der Waals surface area contributed by atoms with Crippen LogP contribution in [0.4, 0.5) is 11.8 Å². The van der Waals surface area contributed by atoms with Gasteiger partial charge in [0.1, 0.15) is 5.75 Å². The minimum Gasteiger partial charge on any atom is -0.493 e. The van der Waals surface area contributed by atoms with E-state index in [0.29, 0.717) is 23.9 Å². The largest absolute Gasteiger partial charge is 0.493 e. The van der Waals surface area contributed by atoms with E-state index in [1.807, 2.05) is 19.1 Å². The fourth-order valence-electron chi connectivity index (χ4n) is 2.10. The van der Waals surface area contributed by atoms with Crippen molar-refractivity contribution in [2.24, 2.45) is 0 Å². The van der Waals surface area contributed by atoms with Crippen molar-refractivity contribution in [3.63, 3.8) is 0 Å². The fourth-order valence-corrected chi connectivity index (χ4v) is 2.10. The topological polar surface area (TPSA) is 116 Å². The number of nitrogens with zero attached hydrogens (tertiary/aromatic N) is 3. The number of ether oxygens (including phenoxy) is 1. The zero-order chi connectivity index (χ0) is 14.1.